The molecule has 0 saturated heterocycles. The van der Waals surface area contributed by atoms with E-state index in [1.54, 1.807) is 6.92 Å². The number of pyridine rings is 1. The average Bonchev–Trinajstić information content (AvgIpc) is 2.34. The zero-order valence-corrected chi connectivity index (χ0v) is 9.22. The van der Waals surface area contributed by atoms with Gasteiger partial charge in [-0.05, 0) is 13.0 Å². The van der Waals surface area contributed by atoms with Crippen molar-refractivity contribution in [3.8, 4) is 17.1 Å². The Morgan fingerprint density at radius 1 is 1.29 bits per heavy atom. The molecule has 0 spiro atoms. The van der Waals surface area contributed by atoms with Crippen molar-refractivity contribution in [3.05, 3.63) is 30.5 Å². The lowest BCUT2D eigenvalue weighted by atomic mass is 10.2. The highest BCUT2D eigenvalue weighted by Crippen LogP contribution is 2.25. The summed E-state index contributed by atoms with van der Waals surface area (Å²) in [6, 6.07) is 1.51. The Labute approximate surface area is 97.5 Å². The normalized spacial score (nSPS) is 10.2. The minimum atomic E-state index is -0.548. The Morgan fingerprint density at radius 3 is 2.76 bits per heavy atom. The molecule has 0 aromatic carbocycles. The predicted molar refractivity (Wildman–Crippen MR) is 60.8 cm³/mol. The fraction of sp³-hybridized carbons (Fsp3) is 0.182. The van der Waals surface area contributed by atoms with Crippen LogP contribution in [0.3, 0.4) is 0 Å². The van der Waals surface area contributed by atoms with Gasteiger partial charge in [-0.15, -0.1) is 0 Å². The van der Waals surface area contributed by atoms with Crippen LogP contribution in [-0.4, -0.2) is 21.6 Å². The first-order valence-corrected chi connectivity index (χ1v) is 5.07. The van der Waals surface area contributed by atoms with Gasteiger partial charge in [0.15, 0.2) is 5.82 Å². The van der Waals surface area contributed by atoms with Crippen LogP contribution in [0.15, 0.2) is 24.7 Å². The predicted octanol–water partition coefficient (Wildman–Crippen LogP) is 1.66. The van der Waals surface area contributed by atoms with Gasteiger partial charge < -0.3 is 10.5 Å². The van der Waals surface area contributed by atoms with E-state index < -0.39 is 5.82 Å². The van der Waals surface area contributed by atoms with Crippen LogP contribution in [0.1, 0.15) is 6.92 Å². The monoisotopic (exact) mass is 234 g/mol. The van der Waals surface area contributed by atoms with Gasteiger partial charge in [-0.1, -0.05) is 0 Å². The van der Waals surface area contributed by atoms with Gasteiger partial charge in [-0.2, -0.15) is 0 Å². The summed E-state index contributed by atoms with van der Waals surface area (Å²) in [6.07, 6.45) is 4.24. The lowest BCUT2D eigenvalue weighted by molar-refractivity contribution is 0.308. The number of anilines is 1. The smallest absolute Gasteiger partial charge is 0.251 e. The molecule has 2 aromatic rings. The third-order valence-electron chi connectivity index (χ3n) is 2.09. The van der Waals surface area contributed by atoms with E-state index in [9.17, 15) is 4.39 Å². The van der Waals surface area contributed by atoms with E-state index in [4.69, 9.17) is 10.5 Å². The van der Waals surface area contributed by atoms with Crippen LogP contribution in [0.5, 0.6) is 5.88 Å². The quantitative estimate of drug-likeness (QED) is 0.874. The number of nitrogen functional groups attached to an aromatic ring is 1. The molecule has 2 rings (SSSR count). The number of hydrogen-bond donors (Lipinski definition) is 1. The fourth-order valence-electron chi connectivity index (χ4n) is 1.34. The molecule has 17 heavy (non-hydrogen) atoms. The highest BCUT2D eigenvalue weighted by molar-refractivity contribution is 5.60. The molecule has 0 atom stereocenters. The van der Waals surface area contributed by atoms with Crippen LogP contribution >= 0.6 is 0 Å². The van der Waals surface area contributed by atoms with Crippen LogP contribution in [0.2, 0.25) is 0 Å². The topological polar surface area (TPSA) is 73.9 Å². The fourth-order valence-corrected chi connectivity index (χ4v) is 1.34. The van der Waals surface area contributed by atoms with Gasteiger partial charge in [-0.3, -0.25) is 4.98 Å². The molecule has 0 saturated carbocycles. The highest BCUT2D eigenvalue weighted by atomic mass is 19.1. The molecular weight excluding hydrogens is 223 g/mol. The van der Waals surface area contributed by atoms with Crippen LogP contribution in [0.4, 0.5) is 10.2 Å². The number of halogens is 1. The summed E-state index contributed by atoms with van der Waals surface area (Å²) < 4.78 is 19.0. The average molecular weight is 234 g/mol. The number of nitrogens with zero attached hydrogens (tertiary/aromatic N) is 3. The standard InChI is InChI=1S/C11H11FN4O/c1-2-17-11-10(12)7(3-4-14-11)8-5-16-9(13)6-15-8/h3-6H,2H2,1H3,(H2,13,16). The molecule has 0 aliphatic heterocycles. The Hall–Kier alpha value is -2.24. The van der Waals surface area contributed by atoms with E-state index in [1.807, 2.05) is 0 Å². The summed E-state index contributed by atoms with van der Waals surface area (Å²) in [4.78, 5) is 11.7. The minimum Gasteiger partial charge on any atom is -0.476 e. The van der Waals surface area contributed by atoms with Crippen molar-refractivity contribution in [2.24, 2.45) is 0 Å². The number of nitrogens with two attached hydrogens (primary N) is 1. The van der Waals surface area contributed by atoms with Crippen LogP contribution in [-0.2, 0) is 0 Å². The summed E-state index contributed by atoms with van der Waals surface area (Å²) >= 11 is 0. The van der Waals surface area contributed by atoms with Gasteiger partial charge in [-0.25, -0.2) is 14.4 Å². The van der Waals surface area contributed by atoms with E-state index >= 15 is 0 Å². The van der Waals surface area contributed by atoms with Crippen LogP contribution in [0, 0.1) is 5.82 Å². The third kappa shape index (κ3) is 2.30. The van der Waals surface area contributed by atoms with Crippen LogP contribution in [0.25, 0.3) is 11.3 Å². The Balaban J connectivity index is 2.45. The summed E-state index contributed by atoms with van der Waals surface area (Å²) in [5, 5.41) is 0. The second kappa shape index (κ2) is 4.73. The Kier molecular flexibility index (Phi) is 3.13. The number of rotatable bonds is 3. The third-order valence-corrected chi connectivity index (χ3v) is 2.09. The summed E-state index contributed by atoms with van der Waals surface area (Å²) in [6.45, 7) is 2.11. The second-order valence-electron chi connectivity index (χ2n) is 3.24. The second-order valence-corrected chi connectivity index (χ2v) is 3.24. The van der Waals surface area contributed by atoms with Crippen molar-refractivity contribution in [2.75, 3.05) is 12.3 Å². The molecule has 88 valence electrons. The molecule has 0 unspecified atom stereocenters. The Morgan fingerprint density at radius 2 is 2.12 bits per heavy atom. The summed E-state index contributed by atoms with van der Waals surface area (Å²) in [7, 11) is 0. The molecule has 6 heteroatoms. The van der Waals surface area contributed by atoms with Gasteiger partial charge >= 0.3 is 0 Å². The maximum Gasteiger partial charge on any atom is 0.251 e. The Bertz CT molecular complexity index is 515. The molecule has 2 aromatic heterocycles. The molecule has 0 radical (unpaired) electrons. The first-order valence-electron chi connectivity index (χ1n) is 5.07. The number of ether oxygens (including phenoxy) is 1. The van der Waals surface area contributed by atoms with Crippen molar-refractivity contribution < 1.29 is 9.13 Å². The van der Waals surface area contributed by atoms with Gasteiger partial charge in [0.2, 0.25) is 0 Å². The molecule has 5 nitrogen and oxygen atoms in total. The first-order chi connectivity index (χ1) is 8.22. The van der Waals surface area contributed by atoms with E-state index in [0.29, 0.717) is 12.3 Å². The van der Waals surface area contributed by atoms with Gasteiger partial charge in [0.1, 0.15) is 5.82 Å². The maximum atomic E-state index is 14.0. The van der Waals surface area contributed by atoms with Crippen molar-refractivity contribution >= 4 is 5.82 Å². The molecular formula is C11H11FN4O. The molecule has 0 aliphatic rings. The number of aromatic nitrogens is 3. The van der Waals surface area contributed by atoms with E-state index in [1.165, 1.54) is 24.7 Å². The van der Waals surface area contributed by atoms with Crippen molar-refractivity contribution in [3.63, 3.8) is 0 Å². The zero-order valence-electron chi connectivity index (χ0n) is 9.22. The molecule has 0 fully saturated rings. The van der Waals surface area contributed by atoms with Crippen molar-refractivity contribution in [1.29, 1.82) is 0 Å². The van der Waals surface area contributed by atoms with Crippen LogP contribution < -0.4 is 10.5 Å². The summed E-state index contributed by atoms with van der Waals surface area (Å²) in [5.41, 5.74) is 6.09. The first kappa shape index (κ1) is 11.3. The lowest BCUT2D eigenvalue weighted by Crippen LogP contribution is -2.00. The molecule has 0 aliphatic carbocycles. The SMILES string of the molecule is CCOc1nccc(-c2cnc(N)cn2)c1F. The molecule has 0 amide bonds. The largest absolute Gasteiger partial charge is 0.476 e. The van der Waals surface area contributed by atoms with E-state index in [2.05, 4.69) is 15.0 Å². The highest BCUT2D eigenvalue weighted by Gasteiger charge is 2.13. The molecule has 2 N–H and O–H groups in total. The van der Waals surface area contributed by atoms with E-state index in [0.717, 1.165) is 0 Å². The van der Waals surface area contributed by atoms with Gasteiger partial charge in [0, 0.05) is 11.8 Å². The zero-order chi connectivity index (χ0) is 12.3. The molecule has 2 heterocycles. The lowest BCUT2D eigenvalue weighted by Gasteiger charge is -2.06. The van der Waals surface area contributed by atoms with Crippen molar-refractivity contribution in [2.45, 2.75) is 6.92 Å². The van der Waals surface area contributed by atoms with E-state index in [-0.39, 0.29) is 17.3 Å². The maximum absolute atomic E-state index is 14.0. The molecule has 0 bridgehead atoms. The minimum absolute atomic E-state index is 0.0383. The van der Waals surface area contributed by atoms with Gasteiger partial charge in [0.05, 0.1) is 24.7 Å². The van der Waals surface area contributed by atoms with Gasteiger partial charge in [0.25, 0.3) is 5.88 Å². The summed E-state index contributed by atoms with van der Waals surface area (Å²) in [5.74, 6) is -0.301. The van der Waals surface area contributed by atoms with Crippen molar-refractivity contribution in [1.82, 2.24) is 15.0 Å². The number of hydrogen-bond acceptors (Lipinski definition) is 5.